The molecule has 21 heavy (non-hydrogen) atoms. The average molecular weight is 305 g/mol. The highest BCUT2D eigenvalue weighted by Gasteiger charge is 2.14. The van der Waals surface area contributed by atoms with E-state index < -0.39 is 11.4 Å². The molecule has 2 heterocycles. The van der Waals surface area contributed by atoms with Crippen LogP contribution in [0.3, 0.4) is 0 Å². The molecule has 1 aromatic carbocycles. The number of hydrogen-bond donors (Lipinski definition) is 1. The van der Waals surface area contributed by atoms with Crippen LogP contribution >= 0.6 is 11.3 Å². The number of benzene rings is 1. The van der Waals surface area contributed by atoms with Gasteiger partial charge in [-0.2, -0.15) is 0 Å². The summed E-state index contributed by atoms with van der Waals surface area (Å²) in [6, 6.07) is 5.38. The molecule has 108 valence electrons. The lowest BCUT2D eigenvalue weighted by molar-refractivity contribution is 0.355. The molecule has 1 N–H and O–H groups in total. The standard InChI is InChI=1S/C14H11NO5S/c1-18-9-4-3-7(5-10(9)19-2)8-6-21-12-11(8)15-14(17)20-13(12)16/h3-6H,1-2H3,(H,15,17). The molecule has 0 aliphatic carbocycles. The average Bonchev–Trinajstić information content (AvgIpc) is 2.90. The van der Waals surface area contributed by atoms with Gasteiger partial charge in [-0.25, -0.2) is 9.59 Å². The predicted molar refractivity (Wildman–Crippen MR) is 79.5 cm³/mol. The van der Waals surface area contributed by atoms with Crippen LogP contribution in [-0.2, 0) is 0 Å². The number of aromatic amines is 1. The summed E-state index contributed by atoms with van der Waals surface area (Å²) < 4.78 is 15.3. The Labute approximate surface area is 122 Å². The third-order valence-corrected chi connectivity index (χ3v) is 4.04. The second kappa shape index (κ2) is 5.10. The number of fused-ring (bicyclic) bond motifs is 1. The van der Waals surface area contributed by atoms with E-state index in [1.165, 1.54) is 11.3 Å². The molecule has 0 radical (unpaired) electrons. The summed E-state index contributed by atoms with van der Waals surface area (Å²) in [6.45, 7) is 0. The topological polar surface area (TPSA) is 81.5 Å². The Morgan fingerprint density at radius 1 is 1.14 bits per heavy atom. The van der Waals surface area contributed by atoms with Crippen molar-refractivity contribution in [3.63, 3.8) is 0 Å². The van der Waals surface area contributed by atoms with Gasteiger partial charge in [-0.05, 0) is 17.7 Å². The first kappa shape index (κ1) is 13.4. The minimum Gasteiger partial charge on any atom is -0.493 e. The molecule has 3 rings (SSSR count). The molecule has 0 aliphatic heterocycles. The second-order valence-corrected chi connectivity index (χ2v) is 5.10. The van der Waals surface area contributed by atoms with Gasteiger partial charge in [0.2, 0.25) is 0 Å². The Kier molecular flexibility index (Phi) is 3.26. The largest absolute Gasteiger partial charge is 0.493 e. The van der Waals surface area contributed by atoms with Gasteiger partial charge in [-0.15, -0.1) is 11.3 Å². The lowest BCUT2D eigenvalue weighted by Crippen LogP contribution is -2.13. The molecule has 3 aromatic rings. The highest BCUT2D eigenvalue weighted by atomic mass is 32.1. The number of nitrogens with one attached hydrogen (secondary N) is 1. The zero-order valence-electron chi connectivity index (χ0n) is 11.3. The summed E-state index contributed by atoms with van der Waals surface area (Å²) in [6.07, 6.45) is 0. The summed E-state index contributed by atoms with van der Waals surface area (Å²) in [5.41, 5.74) is 1.38. The normalized spacial score (nSPS) is 10.8. The van der Waals surface area contributed by atoms with Gasteiger partial charge in [-0.1, -0.05) is 6.07 Å². The Bertz CT molecular complexity index is 921. The van der Waals surface area contributed by atoms with Crippen molar-refractivity contribution in [2.45, 2.75) is 0 Å². The fourth-order valence-electron chi connectivity index (χ4n) is 2.11. The maximum Gasteiger partial charge on any atom is 0.419 e. The van der Waals surface area contributed by atoms with E-state index in [1.54, 1.807) is 31.7 Å². The summed E-state index contributed by atoms with van der Waals surface area (Å²) >= 11 is 1.22. The van der Waals surface area contributed by atoms with E-state index in [4.69, 9.17) is 9.47 Å². The number of rotatable bonds is 3. The van der Waals surface area contributed by atoms with E-state index in [0.717, 1.165) is 11.1 Å². The molecular formula is C14H11NO5S. The number of methoxy groups -OCH3 is 2. The van der Waals surface area contributed by atoms with Crippen LogP contribution < -0.4 is 20.9 Å². The van der Waals surface area contributed by atoms with Gasteiger partial charge in [0.25, 0.3) is 0 Å². The monoisotopic (exact) mass is 305 g/mol. The Morgan fingerprint density at radius 2 is 1.90 bits per heavy atom. The van der Waals surface area contributed by atoms with E-state index in [-0.39, 0.29) is 0 Å². The smallest absolute Gasteiger partial charge is 0.419 e. The van der Waals surface area contributed by atoms with E-state index in [2.05, 4.69) is 9.40 Å². The van der Waals surface area contributed by atoms with Crippen molar-refractivity contribution in [3.05, 3.63) is 44.5 Å². The molecule has 2 aromatic heterocycles. The molecule has 0 atom stereocenters. The van der Waals surface area contributed by atoms with Gasteiger partial charge < -0.3 is 13.9 Å². The molecular weight excluding hydrogens is 294 g/mol. The molecule has 0 spiro atoms. The third kappa shape index (κ3) is 2.21. The fraction of sp³-hybridized carbons (Fsp3) is 0.143. The maximum atomic E-state index is 11.6. The van der Waals surface area contributed by atoms with Crippen LogP contribution in [0.5, 0.6) is 11.5 Å². The molecule has 0 amide bonds. The van der Waals surface area contributed by atoms with Gasteiger partial charge in [0.15, 0.2) is 11.5 Å². The van der Waals surface area contributed by atoms with Crippen LogP contribution in [0.15, 0.2) is 37.6 Å². The van der Waals surface area contributed by atoms with E-state index in [1.807, 2.05) is 6.07 Å². The third-order valence-electron chi connectivity index (χ3n) is 3.08. The van der Waals surface area contributed by atoms with Crippen molar-refractivity contribution in [3.8, 4) is 22.6 Å². The number of ether oxygens (including phenoxy) is 2. The van der Waals surface area contributed by atoms with E-state index in [9.17, 15) is 9.59 Å². The van der Waals surface area contributed by atoms with Crippen molar-refractivity contribution < 1.29 is 13.9 Å². The molecule has 0 fully saturated rings. The first-order valence-electron chi connectivity index (χ1n) is 6.01. The predicted octanol–water partition coefficient (Wildman–Crippen LogP) is 2.23. The first-order valence-corrected chi connectivity index (χ1v) is 6.89. The summed E-state index contributed by atoms with van der Waals surface area (Å²) in [7, 11) is 3.10. The highest BCUT2D eigenvalue weighted by Crippen LogP contribution is 2.36. The van der Waals surface area contributed by atoms with Crippen molar-refractivity contribution in [1.29, 1.82) is 0 Å². The quantitative estimate of drug-likeness (QED) is 0.802. The zero-order chi connectivity index (χ0) is 15.0. The molecule has 0 aliphatic rings. The van der Waals surface area contributed by atoms with Crippen LogP contribution in [-0.4, -0.2) is 19.2 Å². The van der Waals surface area contributed by atoms with Crippen molar-refractivity contribution in [1.82, 2.24) is 4.98 Å². The van der Waals surface area contributed by atoms with Crippen LogP contribution in [0.4, 0.5) is 0 Å². The fourth-order valence-corrected chi connectivity index (χ4v) is 3.01. The molecule has 0 saturated carbocycles. The zero-order valence-corrected chi connectivity index (χ0v) is 12.1. The van der Waals surface area contributed by atoms with Gasteiger partial charge >= 0.3 is 11.4 Å². The van der Waals surface area contributed by atoms with E-state index >= 15 is 0 Å². The van der Waals surface area contributed by atoms with Crippen LogP contribution in [0.25, 0.3) is 21.3 Å². The molecule has 0 saturated heterocycles. The van der Waals surface area contributed by atoms with Gasteiger partial charge in [0.1, 0.15) is 4.70 Å². The number of hydrogen-bond acceptors (Lipinski definition) is 6. The first-order chi connectivity index (χ1) is 10.1. The lowest BCUT2D eigenvalue weighted by atomic mass is 10.1. The van der Waals surface area contributed by atoms with Gasteiger partial charge in [0.05, 0.1) is 19.7 Å². The minimum absolute atomic E-state index is 0.374. The molecule has 0 bridgehead atoms. The summed E-state index contributed by atoms with van der Waals surface area (Å²) in [5.74, 6) is 0.404. The van der Waals surface area contributed by atoms with Gasteiger partial charge in [0, 0.05) is 10.9 Å². The van der Waals surface area contributed by atoms with Crippen molar-refractivity contribution >= 4 is 21.6 Å². The summed E-state index contributed by atoms with van der Waals surface area (Å²) in [5, 5.41) is 1.79. The highest BCUT2D eigenvalue weighted by molar-refractivity contribution is 7.17. The van der Waals surface area contributed by atoms with Crippen LogP contribution in [0.2, 0.25) is 0 Å². The Balaban J connectivity index is 2.26. The second-order valence-electron chi connectivity index (χ2n) is 4.23. The minimum atomic E-state index is -0.771. The lowest BCUT2D eigenvalue weighted by Gasteiger charge is -2.09. The van der Waals surface area contributed by atoms with Crippen molar-refractivity contribution in [2.24, 2.45) is 0 Å². The van der Waals surface area contributed by atoms with Gasteiger partial charge in [-0.3, -0.25) is 4.98 Å². The molecule has 0 unspecified atom stereocenters. The number of H-pyrrole nitrogens is 1. The summed E-state index contributed by atoms with van der Waals surface area (Å²) in [4.78, 5) is 25.6. The van der Waals surface area contributed by atoms with Crippen LogP contribution in [0, 0.1) is 0 Å². The van der Waals surface area contributed by atoms with Crippen molar-refractivity contribution in [2.75, 3.05) is 14.2 Å². The Hall–Kier alpha value is -2.54. The SMILES string of the molecule is COc1ccc(-c2csc3c(=O)oc(=O)[nH]c23)cc1OC. The molecule has 7 heteroatoms. The van der Waals surface area contributed by atoms with E-state index in [0.29, 0.717) is 21.7 Å². The van der Waals surface area contributed by atoms with Crippen LogP contribution in [0.1, 0.15) is 0 Å². The Morgan fingerprint density at radius 3 is 2.62 bits per heavy atom. The number of thiophene rings is 1. The number of aromatic nitrogens is 1. The maximum absolute atomic E-state index is 11.6. The molecule has 6 nitrogen and oxygen atoms in total.